The van der Waals surface area contributed by atoms with E-state index in [0.717, 1.165) is 22.3 Å². The van der Waals surface area contributed by atoms with Crippen LogP contribution in [0.15, 0.2) is 133 Å². The molecule has 0 unspecified atom stereocenters. The normalized spacial score (nSPS) is 22.6. The molecule has 8 heteroatoms. The molecule has 7 nitrogen and oxygen atoms in total. The van der Waals surface area contributed by atoms with Gasteiger partial charge in [0.2, 0.25) is 0 Å². The van der Waals surface area contributed by atoms with Gasteiger partial charge >= 0.3 is 0 Å². The Labute approximate surface area is 282 Å². The van der Waals surface area contributed by atoms with E-state index in [1.807, 2.05) is 126 Å². The Hall–Kier alpha value is -3.89. The monoisotopic (exact) mass is 653 g/mol. The van der Waals surface area contributed by atoms with E-state index in [0.29, 0.717) is 39.5 Å². The van der Waals surface area contributed by atoms with Gasteiger partial charge in [-0.1, -0.05) is 121 Å². The average Bonchev–Trinajstić information content (AvgIpc) is 3.14. The van der Waals surface area contributed by atoms with Gasteiger partial charge < -0.3 is 28.4 Å². The van der Waals surface area contributed by atoms with Gasteiger partial charge in [0.15, 0.2) is 17.7 Å². The molecule has 2 fully saturated rings. The van der Waals surface area contributed by atoms with Crippen molar-refractivity contribution in [3.63, 3.8) is 0 Å². The first kappa shape index (κ1) is 34.0. The first-order valence-corrected chi connectivity index (χ1v) is 16.7. The molecule has 6 rings (SSSR count). The zero-order chi connectivity index (χ0) is 32.8. The predicted molar refractivity (Wildman–Crippen MR) is 181 cm³/mol. The van der Waals surface area contributed by atoms with Crippen molar-refractivity contribution in [1.29, 1.82) is 0 Å². The fourth-order valence-electron chi connectivity index (χ4n) is 5.93. The Bertz CT molecular complexity index is 1520. The molecule has 0 aromatic heterocycles. The maximum absolute atomic E-state index is 16.6. The minimum atomic E-state index is -0.874. The van der Waals surface area contributed by atoms with E-state index in [2.05, 4.69) is 0 Å². The van der Waals surface area contributed by atoms with E-state index >= 15 is 4.39 Å². The van der Waals surface area contributed by atoms with Gasteiger partial charge in [0.1, 0.15) is 18.3 Å². The lowest BCUT2D eigenvalue weighted by molar-refractivity contribution is -0.224. The lowest BCUT2D eigenvalue weighted by Gasteiger charge is -2.44. The van der Waals surface area contributed by atoms with Crippen LogP contribution in [0.4, 0.5) is 4.39 Å². The van der Waals surface area contributed by atoms with Crippen molar-refractivity contribution in [3.05, 3.63) is 155 Å². The summed E-state index contributed by atoms with van der Waals surface area (Å²) in [6.07, 6.45) is -2.88. The Morgan fingerprint density at radius 3 is 1.58 bits per heavy atom. The highest BCUT2D eigenvalue weighted by molar-refractivity contribution is 5.20. The van der Waals surface area contributed by atoms with Crippen molar-refractivity contribution in [1.82, 2.24) is 4.90 Å². The molecule has 0 saturated carbocycles. The minimum absolute atomic E-state index is 0.0857. The second kappa shape index (κ2) is 18.0. The molecule has 2 heterocycles. The largest absolute Gasteiger partial charge is 0.484 e. The van der Waals surface area contributed by atoms with Crippen LogP contribution in [0.1, 0.15) is 22.3 Å². The van der Waals surface area contributed by atoms with E-state index in [4.69, 9.17) is 28.4 Å². The Kier molecular flexibility index (Phi) is 12.8. The van der Waals surface area contributed by atoms with E-state index in [1.54, 1.807) is 0 Å². The molecule has 0 bridgehead atoms. The molecular formula is C40H44FNO6. The van der Waals surface area contributed by atoms with Gasteiger partial charge in [-0.2, -0.15) is 0 Å². The van der Waals surface area contributed by atoms with Crippen LogP contribution in [0.25, 0.3) is 0 Å². The molecule has 48 heavy (non-hydrogen) atoms. The number of benzene rings is 4. The topological polar surface area (TPSA) is 58.6 Å². The summed E-state index contributed by atoms with van der Waals surface area (Å²) in [6.45, 7) is 3.87. The smallest absolute Gasteiger partial charge is 0.161 e. The van der Waals surface area contributed by atoms with Gasteiger partial charge in [-0.05, 0) is 22.3 Å². The zero-order valence-corrected chi connectivity index (χ0v) is 27.2. The van der Waals surface area contributed by atoms with Crippen LogP contribution in [-0.2, 0) is 54.8 Å². The third kappa shape index (κ3) is 9.82. The number of morpholine rings is 1. The van der Waals surface area contributed by atoms with Crippen LogP contribution in [0, 0.1) is 0 Å². The van der Waals surface area contributed by atoms with E-state index in [1.165, 1.54) is 0 Å². The summed E-state index contributed by atoms with van der Waals surface area (Å²) in [4.78, 5) is 2.03. The molecule has 2 aliphatic rings. The summed E-state index contributed by atoms with van der Waals surface area (Å²) < 4.78 is 54.9. The van der Waals surface area contributed by atoms with Crippen LogP contribution in [-0.4, -0.2) is 68.8 Å². The van der Waals surface area contributed by atoms with E-state index in [9.17, 15) is 0 Å². The summed E-state index contributed by atoms with van der Waals surface area (Å²) >= 11 is 0. The fourth-order valence-corrected chi connectivity index (χ4v) is 5.93. The van der Waals surface area contributed by atoms with Crippen LogP contribution in [0.2, 0.25) is 0 Å². The van der Waals surface area contributed by atoms with Crippen LogP contribution in [0.5, 0.6) is 0 Å². The van der Waals surface area contributed by atoms with Gasteiger partial charge in [-0.3, -0.25) is 4.90 Å². The number of rotatable bonds is 15. The van der Waals surface area contributed by atoms with Gasteiger partial charge in [-0.25, -0.2) is 4.39 Å². The maximum Gasteiger partial charge on any atom is 0.161 e. The van der Waals surface area contributed by atoms with E-state index in [-0.39, 0.29) is 32.1 Å². The zero-order valence-electron chi connectivity index (χ0n) is 27.2. The lowest BCUT2D eigenvalue weighted by atomic mass is 9.96. The molecule has 0 amide bonds. The van der Waals surface area contributed by atoms with Crippen LogP contribution >= 0.6 is 0 Å². The first-order valence-electron chi connectivity index (χ1n) is 16.7. The average molecular weight is 654 g/mol. The second-order valence-electron chi connectivity index (χ2n) is 12.1. The molecule has 0 aliphatic carbocycles. The van der Waals surface area contributed by atoms with Crippen LogP contribution in [0.3, 0.4) is 0 Å². The van der Waals surface area contributed by atoms with Crippen LogP contribution < -0.4 is 0 Å². The fraction of sp³-hybridized carbons (Fsp3) is 0.350. The Morgan fingerprint density at radius 1 is 0.604 bits per heavy atom. The molecule has 4 aromatic carbocycles. The molecule has 2 saturated heterocycles. The summed E-state index contributed by atoms with van der Waals surface area (Å²) in [6, 6.07) is 39.7. The number of ether oxygens (including phenoxy) is 6. The van der Waals surface area contributed by atoms with E-state index < -0.39 is 30.2 Å². The van der Waals surface area contributed by atoms with Crippen molar-refractivity contribution in [2.24, 2.45) is 0 Å². The van der Waals surface area contributed by atoms with Gasteiger partial charge in [0, 0.05) is 13.1 Å². The highest BCUT2D eigenvalue weighted by Gasteiger charge is 2.48. The standard InChI is InChI=1S/C40H44FNO6/c41-35(25-42-21-23-43-24-22-42)37-39(46-28-33-17-9-3-10-18-33)40(47-29-34-19-11-4-12-20-34)38(45-27-32-15-7-2-8-16-32)36(48-37)30-44-26-31-13-5-1-6-14-31/h1-20,36,38-40H,21-30H2/b37-35-/t36-,38-,39+,40+/m1/s1. The van der Waals surface area contributed by atoms with Crippen molar-refractivity contribution in [2.45, 2.75) is 50.8 Å². The highest BCUT2D eigenvalue weighted by Crippen LogP contribution is 2.35. The van der Waals surface area contributed by atoms with Crippen molar-refractivity contribution in [3.8, 4) is 0 Å². The minimum Gasteiger partial charge on any atom is -0.484 e. The quantitative estimate of drug-likeness (QED) is 0.139. The maximum atomic E-state index is 16.6. The molecular weight excluding hydrogens is 609 g/mol. The molecule has 252 valence electrons. The summed E-state index contributed by atoms with van der Waals surface area (Å²) in [5.41, 5.74) is 3.99. The molecule has 2 aliphatic heterocycles. The third-order valence-corrected chi connectivity index (χ3v) is 8.50. The number of hydrogen-bond donors (Lipinski definition) is 0. The van der Waals surface area contributed by atoms with Gasteiger partial charge in [0.25, 0.3) is 0 Å². The summed E-state index contributed by atoms with van der Waals surface area (Å²) in [5, 5.41) is 0. The van der Waals surface area contributed by atoms with Crippen molar-refractivity contribution in [2.75, 3.05) is 39.5 Å². The number of halogens is 1. The number of nitrogens with zero attached hydrogens (tertiary/aromatic N) is 1. The SMILES string of the molecule is F/C(CN1CCOCC1)=C1\O[C@H](COCc2ccccc2)[C@@H](OCc2ccccc2)[C@H](OCc2ccccc2)[C@H]1OCc1ccccc1. The van der Waals surface area contributed by atoms with Crippen molar-refractivity contribution < 1.29 is 32.8 Å². The lowest BCUT2D eigenvalue weighted by Crippen LogP contribution is -2.56. The molecule has 0 spiro atoms. The predicted octanol–water partition coefficient (Wildman–Crippen LogP) is 6.87. The molecule has 4 aromatic rings. The third-order valence-electron chi connectivity index (χ3n) is 8.50. The number of hydrogen-bond acceptors (Lipinski definition) is 7. The Morgan fingerprint density at radius 2 is 1.06 bits per heavy atom. The highest BCUT2D eigenvalue weighted by atomic mass is 19.1. The first-order chi connectivity index (χ1) is 23.7. The van der Waals surface area contributed by atoms with Gasteiger partial charge in [-0.15, -0.1) is 0 Å². The van der Waals surface area contributed by atoms with Crippen molar-refractivity contribution >= 4 is 0 Å². The second-order valence-corrected chi connectivity index (χ2v) is 12.1. The molecule has 4 atom stereocenters. The van der Waals surface area contributed by atoms with Gasteiger partial charge in [0.05, 0.1) is 52.8 Å². The Balaban J connectivity index is 1.33. The molecule has 0 radical (unpaired) electrons. The summed E-state index contributed by atoms with van der Waals surface area (Å²) in [7, 11) is 0. The summed E-state index contributed by atoms with van der Waals surface area (Å²) in [5.74, 6) is -0.263. The molecule has 0 N–H and O–H groups in total.